The average Bonchev–Trinajstić information content (AvgIpc) is 2.52. The van der Waals surface area contributed by atoms with Crippen LogP contribution in [0.4, 0.5) is 5.69 Å². The Morgan fingerprint density at radius 3 is 2.46 bits per heavy atom. The van der Waals surface area contributed by atoms with Gasteiger partial charge in [0.1, 0.15) is 5.70 Å². The van der Waals surface area contributed by atoms with E-state index in [4.69, 9.17) is 23.2 Å². The van der Waals surface area contributed by atoms with Crippen LogP contribution in [0.25, 0.3) is 6.08 Å². The van der Waals surface area contributed by atoms with Gasteiger partial charge in [-0.25, -0.2) is 0 Å². The van der Waals surface area contributed by atoms with Crippen molar-refractivity contribution in [2.24, 2.45) is 0 Å². The highest BCUT2D eigenvalue weighted by Crippen LogP contribution is 2.25. The Kier molecular flexibility index (Phi) is 6.01. The van der Waals surface area contributed by atoms with Crippen LogP contribution in [-0.4, -0.2) is 11.8 Å². The molecule has 0 aliphatic heterocycles. The van der Waals surface area contributed by atoms with Gasteiger partial charge in [0, 0.05) is 11.9 Å². The van der Waals surface area contributed by atoms with E-state index in [0.717, 1.165) is 11.1 Å². The zero-order valence-electron chi connectivity index (χ0n) is 13.2. The molecule has 24 heavy (non-hydrogen) atoms. The molecule has 4 nitrogen and oxygen atoms in total. The van der Waals surface area contributed by atoms with Gasteiger partial charge in [-0.05, 0) is 42.3 Å². The molecule has 0 aromatic heterocycles. The Hall–Kier alpha value is -2.30. The molecule has 0 spiro atoms. The normalized spacial score (nSPS) is 11.1. The first kappa shape index (κ1) is 18.0. The molecule has 2 aromatic rings. The number of hydrogen-bond donors (Lipinski definition) is 2. The summed E-state index contributed by atoms with van der Waals surface area (Å²) in [4.78, 5) is 24.0. The Bertz CT molecular complexity index is 816. The molecule has 0 radical (unpaired) electrons. The molecule has 0 atom stereocenters. The van der Waals surface area contributed by atoms with Gasteiger partial charge >= 0.3 is 0 Å². The highest BCUT2D eigenvalue weighted by Gasteiger charge is 2.14. The Balaban J connectivity index is 2.34. The molecule has 0 unspecified atom stereocenters. The molecule has 2 aromatic carbocycles. The molecule has 0 bridgehead atoms. The van der Waals surface area contributed by atoms with Crippen LogP contribution in [0.5, 0.6) is 0 Å². The van der Waals surface area contributed by atoms with E-state index in [0.29, 0.717) is 15.7 Å². The summed E-state index contributed by atoms with van der Waals surface area (Å²) >= 11 is 12.0. The molecular weight excluding hydrogens is 347 g/mol. The topological polar surface area (TPSA) is 58.2 Å². The van der Waals surface area contributed by atoms with Gasteiger partial charge < -0.3 is 10.6 Å². The fourth-order valence-corrected chi connectivity index (χ4v) is 2.37. The molecule has 2 amide bonds. The fourth-order valence-electron chi connectivity index (χ4n) is 2.04. The standard InChI is InChI=1S/C18H16Cl2N2O2/c1-11-5-3-4-6-13(11)9-17(21-12(2)23)18(24)22-16-10-14(19)7-8-15(16)20/h3-10H,1-2H3,(H,21,23)(H,22,24)/b17-9-. The maximum Gasteiger partial charge on any atom is 0.272 e. The molecule has 6 heteroatoms. The molecule has 0 saturated carbocycles. The van der Waals surface area contributed by atoms with E-state index in [1.807, 2.05) is 31.2 Å². The predicted molar refractivity (Wildman–Crippen MR) is 98.1 cm³/mol. The van der Waals surface area contributed by atoms with E-state index in [1.165, 1.54) is 6.92 Å². The van der Waals surface area contributed by atoms with E-state index in [1.54, 1.807) is 24.3 Å². The van der Waals surface area contributed by atoms with E-state index >= 15 is 0 Å². The minimum atomic E-state index is -0.488. The second-order valence-electron chi connectivity index (χ2n) is 5.17. The minimum absolute atomic E-state index is 0.118. The number of hydrogen-bond acceptors (Lipinski definition) is 2. The second-order valence-corrected chi connectivity index (χ2v) is 6.02. The van der Waals surface area contributed by atoms with E-state index < -0.39 is 5.91 Å². The first-order valence-corrected chi connectivity index (χ1v) is 7.93. The monoisotopic (exact) mass is 362 g/mol. The minimum Gasteiger partial charge on any atom is -0.322 e. The third kappa shape index (κ3) is 4.85. The molecule has 0 aliphatic rings. The number of anilines is 1. The Labute approximate surface area is 150 Å². The molecule has 2 rings (SSSR count). The third-order valence-electron chi connectivity index (χ3n) is 3.22. The van der Waals surface area contributed by atoms with E-state index in [-0.39, 0.29) is 11.6 Å². The summed E-state index contributed by atoms with van der Waals surface area (Å²) in [6.45, 7) is 3.26. The van der Waals surface area contributed by atoms with Gasteiger partial charge in [0.05, 0.1) is 10.7 Å². The summed E-state index contributed by atoms with van der Waals surface area (Å²) in [5, 5.41) is 6.00. The van der Waals surface area contributed by atoms with Crippen LogP contribution in [0.3, 0.4) is 0 Å². The molecule has 0 fully saturated rings. The number of halogens is 2. The van der Waals surface area contributed by atoms with Gasteiger partial charge in [-0.3, -0.25) is 9.59 Å². The van der Waals surface area contributed by atoms with Crippen LogP contribution in [0.2, 0.25) is 10.0 Å². The molecule has 0 heterocycles. The van der Waals surface area contributed by atoms with Gasteiger partial charge in [-0.2, -0.15) is 0 Å². The number of rotatable bonds is 4. The molecule has 124 valence electrons. The van der Waals surface area contributed by atoms with Crippen molar-refractivity contribution in [2.45, 2.75) is 13.8 Å². The first-order chi connectivity index (χ1) is 11.4. The van der Waals surface area contributed by atoms with E-state index in [2.05, 4.69) is 10.6 Å². The zero-order valence-corrected chi connectivity index (χ0v) is 14.7. The molecule has 0 aliphatic carbocycles. The lowest BCUT2D eigenvalue weighted by Gasteiger charge is -2.12. The van der Waals surface area contributed by atoms with Crippen LogP contribution in [-0.2, 0) is 9.59 Å². The third-order valence-corrected chi connectivity index (χ3v) is 3.78. The maximum absolute atomic E-state index is 12.5. The summed E-state index contributed by atoms with van der Waals surface area (Å²) in [5.41, 5.74) is 2.30. The molecule has 0 saturated heterocycles. The highest BCUT2D eigenvalue weighted by molar-refractivity contribution is 6.36. The number of carbonyl (C=O) groups excluding carboxylic acids is 2. The van der Waals surface area contributed by atoms with Crippen LogP contribution < -0.4 is 10.6 Å². The largest absolute Gasteiger partial charge is 0.322 e. The van der Waals surface area contributed by atoms with Crippen LogP contribution in [0.1, 0.15) is 18.1 Å². The Morgan fingerprint density at radius 1 is 1.08 bits per heavy atom. The summed E-state index contributed by atoms with van der Waals surface area (Å²) < 4.78 is 0. The second kappa shape index (κ2) is 7.99. The summed E-state index contributed by atoms with van der Waals surface area (Å²) in [5.74, 6) is -0.834. The summed E-state index contributed by atoms with van der Waals surface area (Å²) in [6.07, 6.45) is 1.62. The smallest absolute Gasteiger partial charge is 0.272 e. The van der Waals surface area contributed by atoms with Crippen molar-refractivity contribution >= 4 is 46.8 Å². The van der Waals surface area contributed by atoms with Crippen molar-refractivity contribution in [1.29, 1.82) is 0 Å². The highest BCUT2D eigenvalue weighted by atomic mass is 35.5. The predicted octanol–water partition coefficient (Wildman–Crippen LogP) is 4.42. The van der Waals surface area contributed by atoms with Gasteiger partial charge in [0.15, 0.2) is 0 Å². The van der Waals surface area contributed by atoms with Crippen molar-refractivity contribution in [1.82, 2.24) is 5.32 Å². The van der Waals surface area contributed by atoms with Crippen LogP contribution >= 0.6 is 23.2 Å². The summed E-state index contributed by atoms with van der Waals surface area (Å²) in [7, 11) is 0. The van der Waals surface area contributed by atoms with Crippen molar-refractivity contribution < 1.29 is 9.59 Å². The number of nitrogens with one attached hydrogen (secondary N) is 2. The Morgan fingerprint density at radius 2 is 1.79 bits per heavy atom. The zero-order chi connectivity index (χ0) is 17.7. The van der Waals surface area contributed by atoms with Crippen molar-refractivity contribution in [3.05, 3.63) is 69.3 Å². The molecule has 2 N–H and O–H groups in total. The quantitative estimate of drug-likeness (QED) is 0.791. The number of carbonyl (C=O) groups is 2. The van der Waals surface area contributed by atoms with Crippen molar-refractivity contribution in [2.75, 3.05) is 5.32 Å². The van der Waals surface area contributed by atoms with Gasteiger partial charge in [0.2, 0.25) is 5.91 Å². The van der Waals surface area contributed by atoms with E-state index in [9.17, 15) is 9.59 Å². The van der Waals surface area contributed by atoms with Crippen molar-refractivity contribution in [3.8, 4) is 0 Å². The molecular formula is C18H16Cl2N2O2. The number of amides is 2. The summed E-state index contributed by atoms with van der Waals surface area (Å²) in [6, 6.07) is 12.3. The fraction of sp³-hybridized carbons (Fsp3) is 0.111. The van der Waals surface area contributed by atoms with Crippen LogP contribution in [0.15, 0.2) is 48.2 Å². The lowest BCUT2D eigenvalue weighted by Crippen LogP contribution is -2.29. The van der Waals surface area contributed by atoms with Crippen LogP contribution in [0, 0.1) is 6.92 Å². The first-order valence-electron chi connectivity index (χ1n) is 7.18. The maximum atomic E-state index is 12.5. The number of aryl methyl sites for hydroxylation is 1. The average molecular weight is 363 g/mol. The lowest BCUT2D eigenvalue weighted by atomic mass is 10.1. The van der Waals surface area contributed by atoms with Gasteiger partial charge in [0.25, 0.3) is 5.91 Å². The lowest BCUT2D eigenvalue weighted by molar-refractivity contribution is -0.120. The van der Waals surface area contributed by atoms with Crippen molar-refractivity contribution in [3.63, 3.8) is 0 Å². The number of benzene rings is 2. The van der Waals surface area contributed by atoms with Gasteiger partial charge in [-0.15, -0.1) is 0 Å². The van der Waals surface area contributed by atoms with Gasteiger partial charge in [-0.1, -0.05) is 47.5 Å². The SMILES string of the molecule is CC(=O)N/C(=C\c1ccccc1C)C(=O)Nc1cc(Cl)ccc1Cl.